The predicted molar refractivity (Wildman–Crippen MR) is 95.3 cm³/mol. The second-order valence-corrected chi connectivity index (χ2v) is 5.54. The van der Waals surface area contributed by atoms with Gasteiger partial charge in [-0.1, -0.05) is 22.0 Å². The lowest BCUT2D eigenvalue weighted by atomic mass is 10.2. The van der Waals surface area contributed by atoms with E-state index in [0.717, 1.165) is 4.47 Å². The summed E-state index contributed by atoms with van der Waals surface area (Å²) in [4.78, 5) is 12.3. The van der Waals surface area contributed by atoms with E-state index in [1.807, 2.05) is 6.07 Å². The third kappa shape index (κ3) is 4.05. The van der Waals surface area contributed by atoms with E-state index in [2.05, 4.69) is 26.5 Å². The van der Waals surface area contributed by atoms with Crippen LogP contribution in [0.4, 0.5) is 0 Å². The van der Waals surface area contributed by atoms with Crippen molar-refractivity contribution in [2.24, 2.45) is 5.10 Å². The van der Waals surface area contributed by atoms with E-state index in [1.54, 1.807) is 44.6 Å². The maximum atomic E-state index is 12.3. The van der Waals surface area contributed by atoms with Crippen LogP contribution in [0.5, 0.6) is 17.2 Å². The third-order valence-electron chi connectivity index (χ3n) is 3.21. The normalized spacial score (nSPS) is 10.5. The van der Waals surface area contributed by atoms with Crippen molar-refractivity contribution >= 4 is 28.1 Å². The number of rotatable bonds is 6. The molecule has 0 radical (unpaired) electrons. The molecular formula is C17H17BrN2O4. The van der Waals surface area contributed by atoms with Gasteiger partial charge in [-0.15, -0.1) is 0 Å². The van der Waals surface area contributed by atoms with Crippen molar-refractivity contribution < 1.29 is 19.0 Å². The smallest absolute Gasteiger partial charge is 0.275 e. The molecule has 0 aromatic heterocycles. The molecule has 0 atom stereocenters. The highest BCUT2D eigenvalue weighted by Gasteiger charge is 2.12. The summed E-state index contributed by atoms with van der Waals surface area (Å²) >= 11 is 3.33. The summed E-state index contributed by atoms with van der Waals surface area (Å²) in [6, 6.07) is 10.5. The summed E-state index contributed by atoms with van der Waals surface area (Å²) in [7, 11) is 4.60. The molecule has 126 valence electrons. The van der Waals surface area contributed by atoms with Crippen LogP contribution in [0, 0.1) is 0 Å². The van der Waals surface area contributed by atoms with E-state index < -0.39 is 0 Å². The fourth-order valence-electron chi connectivity index (χ4n) is 2.09. The Balaban J connectivity index is 2.18. The van der Waals surface area contributed by atoms with Crippen molar-refractivity contribution in [3.63, 3.8) is 0 Å². The lowest BCUT2D eigenvalue weighted by Gasteiger charge is -2.10. The van der Waals surface area contributed by atoms with Gasteiger partial charge in [0, 0.05) is 10.0 Å². The summed E-state index contributed by atoms with van der Waals surface area (Å²) in [5.74, 6) is 1.20. The number of ether oxygens (including phenoxy) is 3. The van der Waals surface area contributed by atoms with Crippen molar-refractivity contribution in [2.75, 3.05) is 21.3 Å². The fourth-order valence-corrected chi connectivity index (χ4v) is 2.45. The Kier molecular flexibility index (Phi) is 6.20. The van der Waals surface area contributed by atoms with Gasteiger partial charge < -0.3 is 14.2 Å². The molecule has 2 rings (SSSR count). The topological polar surface area (TPSA) is 69.2 Å². The van der Waals surface area contributed by atoms with Gasteiger partial charge >= 0.3 is 0 Å². The highest BCUT2D eigenvalue weighted by molar-refractivity contribution is 9.10. The predicted octanol–water partition coefficient (Wildman–Crippen LogP) is 3.24. The maximum Gasteiger partial charge on any atom is 0.275 e. The molecule has 0 bridgehead atoms. The van der Waals surface area contributed by atoms with Gasteiger partial charge in [0.25, 0.3) is 5.91 Å². The molecule has 6 nitrogen and oxygen atoms in total. The SMILES string of the molecule is COc1ccc(Br)cc1C(=O)N/N=C\c1cccc(OC)c1OC. The zero-order valence-corrected chi connectivity index (χ0v) is 15.1. The van der Waals surface area contributed by atoms with Crippen LogP contribution in [0.25, 0.3) is 0 Å². The number of carbonyl (C=O) groups excluding carboxylic acids is 1. The number of nitrogens with one attached hydrogen (secondary N) is 1. The summed E-state index contributed by atoms with van der Waals surface area (Å²) < 4.78 is 16.5. The minimum Gasteiger partial charge on any atom is -0.496 e. The average molecular weight is 393 g/mol. The number of hydrogen-bond donors (Lipinski definition) is 1. The molecule has 0 aliphatic rings. The van der Waals surface area contributed by atoms with E-state index in [0.29, 0.717) is 28.4 Å². The zero-order chi connectivity index (χ0) is 17.5. The fraction of sp³-hybridized carbons (Fsp3) is 0.176. The molecule has 1 N–H and O–H groups in total. The Bertz CT molecular complexity index is 762. The van der Waals surface area contributed by atoms with Gasteiger partial charge in [0.2, 0.25) is 0 Å². The summed E-state index contributed by atoms with van der Waals surface area (Å²) in [6.45, 7) is 0. The second kappa shape index (κ2) is 8.35. The number of carbonyl (C=O) groups is 1. The second-order valence-electron chi connectivity index (χ2n) is 4.63. The first-order valence-electron chi connectivity index (χ1n) is 6.98. The molecule has 0 spiro atoms. The van der Waals surface area contributed by atoms with Gasteiger partial charge in [-0.25, -0.2) is 5.43 Å². The standard InChI is InChI=1S/C17H17BrN2O4/c1-22-14-8-7-12(18)9-13(14)17(21)20-19-10-11-5-4-6-15(23-2)16(11)24-3/h4-10H,1-3H3,(H,20,21)/b19-10-. The van der Waals surface area contributed by atoms with Gasteiger partial charge in [-0.3, -0.25) is 4.79 Å². The Morgan fingerprint density at radius 1 is 1.08 bits per heavy atom. The largest absolute Gasteiger partial charge is 0.496 e. The van der Waals surface area contributed by atoms with E-state index in [1.165, 1.54) is 13.3 Å². The number of hydrazone groups is 1. The van der Waals surface area contributed by atoms with Crippen molar-refractivity contribution in [3.8, 4) is 17.2 Å². The summed E-state index contributed by atoms with van der Waals surface area (Å²) in [5.41, 5.74) is 3.53. The Morgan fingerprint density at radius 2 is 1.83 bits per heavy atom. The number of halogens is 1. The molecule has 0 aliphatic heterocycles. The van der Waals surface area contributed by atoms with Crippen LogP contribution < -0.4 is 19.6 Å². The molecule has 0 heterocycles. The Hall–Kier alpha value is -2.54. The van der Waals surface area contributed by atoms with Gasteiger partial charge in [-0.2, -0.15) is 5.10 Å². The van der Waals surface area contributed by atoms with E-state index in [4.69, 9.17) is 14.2 Å². The van der Waals surface area contributed by atoms with Gasteiger partial charge in [-0.05, 0) is 30.3 Å². The van der Waals surface area contributed by atoms with Crippen molar-refractivity contribution in [2.45, 2.75) is 0 Å². The van der Waals surface area contributed by atoms with E-state index in [-0.39, 0.29) is 5.91 Å². The molecule has 0 saturated carbocycles. The van der Waals surface area contributed by atoms with Crippen LogP contribution in [-0.2, 0) is 0 Å². The molecule has 0 unspecified atom stereocenters. The van der Waals surface area contributed by atoms with Crippen molar-refractivity contribution in [1.82, 2.24) is 5.43 Å². The average Bonchev–Trinajstić information content (AvgIpc) is 2.61. The maximum absolute atomic E-state index is 12.3. The quantitative estimate of drug-likeness (QED) is 0.605. The number of methoxy groups -OCH3 is 3. The zero-order valence-electron chi connectivity index (χ0n) is 13.5. The number of benzene rings is 2. The summed E-state index contributed by atoms with van der Waals surface area (Å²) in [6.07, 6.45) is 1.49. The van der Waals surface area contributed by atoms with Crippen LogP contribution in [-0.4, -0.2) is 33.5 Å². The number of amides is 1. The van der Waals surface area contributed by atoms with Crippen LogP contribution in [0.1, 0.15) is 15.9 Å². The highest BCUT2D eigenvalue weighted by atomic mass is 79.9. The first kappa shape index (κ1) is 17.8. The number of hydrogen-bond acceptors (Lipinski definition) is 5. The monoisotopic (exact) mass is 392 g/mol. The van der Waals surface area contributed by atoms with E-state index >= 15 is 0 Å². The Labute approximate surface area is 148 Å². The number of para-hydroxylation sites is 1. The molecular weight excluding hydrogens is 376 g/mol. The molecule has 24 heavy (non-hydrogen) atoms. The van der Waals surface area contributed by atoms with E-state index in [9.17, 15) is 4.79 Å². The van der Waals surface area contributed by atoms with Crippen LogP contribution in [0.2, 0.25) is 0 Å². The van der Waals surface area contributed by atoms with Gasteiger partial charge in [0.15, 0.2) is 11.5 Å². The molecule has 2 aromatic rings. The third-order valence-corrected chi connectivity index (χ3v) is 3.70. The van der Waals surface area contributed by atoms with Crippen LogP contribution >= 0.6 is 15.9 Å². The van der Waals surface area contributed by atoms with Gasteiger partial charge in [0.1, 0.15) is 5.75 Å². The lowest BCUT2D eigenvalue weighted by molar-refractivity contribution is 0.0952. The van der Waals surface area contributed by atoms with Gasteiger partial charge in [0.05, 0.1) is 33.1 Å². The highest BCUT2D eigenvalue weighted by Crippen LogP contribution is 2.29. The number of nitrogens with zero attached hydrogens (tertiary/aromatic N) is 1. The van der Waals surface area contributed by atoms with Crippen LogP contribution in [0.3, 0.4) is 0 Å². The first-order valence-corrected chi connectivity index (χ1v) is 7.78. The molecule has 0 aliphatic carbocycles. The lowest BCUT2D eigenvalue weighted by Crippen LogP contribution is -2.18. The van der Waals surface area contributed by atoms with Crippen molar-refractivity contribution in [1.29, 1.82) is 0 Å². The minimum atomic E-state index is -0.383. The molecule has 1 amide bonds. The van der Waals surface area contributed by atoms with Crippen molar-refractivity contribution in [3.05, 3.63) is 52.0 Å². The molecule has 0 fully saturated rings. The van der Waals surface area contributed by atoms with Crippen LogP contribution in [0.15, 0.2) is 46.0 Å². The molecule has 7 heteroatoms. The molecule has 0 saturated heterocycles. The summed E-state index contributed by atoms with van der Waals surface area (Å²) in [5, 5.41) is 3.98. The minimum absolute atomic E-state index is 0.377. The first-order chi connectivity index (χ1) is 11.6. The Morgan fingerprint density at radius 3 is 2.50 bits per heavy atom. The molecule has 2 aromatic carbocycles.